The fourth-order valence-corrected chi connectivity index (χ4v) is 10.0. The molecule has 3 nitrogen and oxygen atoms in total. The minimum Gasteiger partial charge on any atom is -0.373 e. The second-order valence-corrected chi connectivity index (χ2v) is 18.1. The van der Waals surface area contributed by atoms with Gasteiger partial charge in [-0.3, -0.25) is 0 Å². The third-order valence-electron chi connectivity index (χ3n) is 13.6. The van der Waals surface area contributed by atoms with E-state index in [9.17, 15) is 0 Å². The van der Waals surface area contributed by atoms with Crippen LogP contribution in [0.5, 0.6) is 0 Å². The molecule has 0 bridgehead atoms. The van der Waals surface area contributed by atoms with Crippen molar-refractivity contribution in [1.82, 2.24) is 15.3 Å². The van der Waals surface area contributed by atoms with Gasteiger partial charge in [-0.15, -0.1) is 0 Å². The first-order chi connectivity index (χ1) is 35.7. The molecule has 0 amide bonds. The zero-order chi connectivity index (χ0) is 48.1. The lowest BCUT2D eigenvalue weighted by Gasteiger charge is -2.36. The maximum atomic E-state index is 5.29. The number of hydrogen-bond acceptors (Lipinski definition) is 3. The highest BCUT2D eigenvalue weighted by Gasteiger charge is 2.33. The van der Waals surface area contributed by atoms with Gasteiger partial charge in [-0.25, -0.2) is 9.97 Å². The lowest BCUT2D eigenvalue weighted by Crippen LogP contribution is -2.27. The average Bonchev–Trinajstić information content (AvgIpc) is 3.48. The molecule has 11 aromatic rings. The van der Waals surface area contributed by atoms with Gasteiger partial charge < -0.3 is 5.32 Å². The number of allylic oxidation sites excluding steroid dienone is 2. The highest BCUT2D eigenvalue weighted by molar-refractivity contribution is 6.24. The van der Waals surface area contributed by atoms with Crippen LogP contribution >= 0.6 is 0 Å². The Morgan fingerprint density at radius 2 is 0.611 bits per heavy atom. The van der Waals surface area contributed by atoms with E-state index in [1.807, 2.05) is 6.07 Å². The topological polar surface area (TPSA) is 37.8 Å². The van der Waals surface area contributed by atoms with Crippen LogP contribution in [-0.2, 0) is 0 Å². The molecule has 0 saturated carbocycles. The van der Waals surface area contributed by atoms with Crippen molar-refractivity contribution in [3.63, 3.8) is 0 Å². The predicted molar refractivity (Wildman–Crippen MR) is 300 cm³/mol. The average molecular weight is 920 g/mol. The quantitative estimate of drug-likeness (QED) is 0.140. The number of nitrogens with zero attached hydrogens (tertiary/aromatic N) is 2. The smallest absolute Gasteiger partial charge is 0.160 e. The van der Waals surface area contributed by atoms with Crippen LogP contribution < -0.4 is 5.32 Å². The molecule has 1 atom stereocenters. The lowest BCUT2D eigenvalue weighted by atomic mass is 9.77. The van der Waals surface area contributed by atoms with E-state index in [-0.39, 0.29) is 6.04 Å². The highest BCUT2D eigenvalue weighted by Crippen LogP contribution is 2.50. The fraction of sp³-hybridized carbons (Fsp3) is 0.0145. The van der Waals surface area contributed by atoms with E-state index in [4.69, 9.17) is 9.97 Å². The molecule has 1 N–H and O–H groups in total. The normalized spacial score (nSPS) is 13.4. The van der Waals surface area contributed by atoms with Gasteiger partial charge in [0.1, 0.15) is 0 Å². The summed E-state index contributed by atoms with van der Waals surface area (Å²) < 4.78 is 0. The molecule has 1 aliphatic heterocycles. The second-order valence-electron chi connectivity index (χ2n) is 18.1. The number of benzene rings is 10. The van der Waals surface area contributed by atoms with Gasteiger partial charge in [-0.1, -0.05) is 273 Å². The minimum absolute atomic E-state index is 0.117. The van der Waals surface area contributed by atoms with Crippen LogP contribution in [0.25, 0.3) is 89.7 Å². The summed E-state index contributed by atoms with van der Waals surface area (Å²) in [5.41, 5.74) is 22.1. The summed E-state index contributed by atoms with van der Waals surface area (Å²) in [5.74, 6) is 0.680. The first kappa shape index (κ1) is 43.8. The first-order valence-electron chi connectivity index (χ1n) is 24.6. The molecule has 10 aromatic carbocycles. The molecule has 2 heterocycles. The van der Waals surface area contributed by atoms with Crippen molar-refractivity contribution in [2.75, 3.05) is 0 Å². The predicted octanol–water partition coefficient (Wildman–Crippen LogP) is 17.3. The van der Waals surface area contributed by atoms with E-state index >= 15 is 0 Å². The Kier molecular flexibility index (Phi) is 12.1. The van der Waals surface area contributed by atoms with Gasteiger partial charge in [0.15, 0.2) is 5.82 Å². The van der Waals surface area contributed by atoms with Crippen molar-refractivity contribution >= 4 is 22.4 Å². The Morgan fingerprint density at radius 1 is 0.250 bits per heavy atom. The zero-order valence-electron chi connectivity index (χ0n) is 39.6. The molecular weight excluding hydrogens is 871 g/mol. The molecule has 340 valence electrons. The van der Waals surface area contributed by atoms with Crippen LogP contribution in [0, 0.1) is 0 Å². The highest BCUT2D eigenvalue weighted by atomic mass is 14.9. The number of dihydropyridines is 1. The fourth-order valence-electron chi connectivity index (χ4n) is 10.0. The molecule has 1 unspecified atom stereocenters. The van der Waals surface area contributed by atoms with Crippen molar-refractivity contribution in [3.05, 3.63) is 313 Å². The lowest BCUT2D eigenvalue weighted by molar-refractivity contribution is 0.787. The van der Waals surface area contributed by atoms with Crippen LogP contribution in [0.2, 0.25) is 0 Å². The molecule has 0 radical (unpaired) electrons. The van der Waals surface area contributed by atoms with Crippen molar-refractivity contribution in [1.29, 1.82) is 0 Å². The SMILES string of the molecule is c1ccc(C2=C(c3ccccc3)C(c3ccc(-c4cccc(-c5cc(-c6ccc(-c7ccccc7)cc6)nc(-c6ccc(-c7ccccc7)cc6)n5)c4)cc3)=C(c3ccccc3)C(c3ccccc3)N2)cc1. The van der Waals surface area contributed by atoms with Crippen LogP contribution in [-0.4, -0.2) is 9.97 Å². The Hall–Kier alpha value is -9.44. The summed E-state index contributed by atoms with van der Waals surface area (Å²) in [7, 11) is 0. The third kappa shape index (κ3) is 8.99. The molecule has 3 heteroatoms. The summed E-state index contributed by atoms with van der Waals surface area (Å²) in [6, 6.07) is 101. The van der Waals surface area contributed by atoms with Crippen LogP contribution in [0.4, 0.5) is 0 Å². The number of rotatable bonds is 11. The van der Waals surface area contributed by atoms with Gasteiger partial charge in [0.25, 0.3) is 0 Å². The van der Waals surface area contributed by atoms with Gasteiger partial charge in [0, 0.05) is 22.3 Å². The number of hydrogen-bond donors (Lipinski definition) is 1. The second kappa shape index (κ2) is 19.9. The maximum absolute atomic E-state index is 5.29. The zero-order valence-corrected chi connectivity index (χ0v) is 39.6. The van der Waals surface area contributed by atoms with Gasteiger partial charge in [-0.2, -0.15) is 0 Å². The Morgan fingerprint density at radius 3 is 1.15 bits per heavy atom. The largest absolute Gasteiger partial charge is 0.373 e. The standard InChI is InChI=1S/C69H49N3/c1-7-20-48(21-8-1)50-34-40-53(41-35-50)62-47-63(71-69(70-62)59-44-38-51(39-45-59)49-22-9-2-10-23-49)61-33-19-32-60(46-61)52-36-42-56(43-37-52)64-65(54-24-11-3-12-25-54)67(57-28-15-5-16-29-57)72-68(58-30-17-6-18-31-58)66(64)55-26-13-4-14-27-55/h1-47,67,72H. The third-order valence-corrected chi connectivity index (χ3v) is 13.6. The van der Waals surface area contributed by atoms with Gasteiger partial charge in [0.05, 0.1) is 23.1 Å². The van der Waals surface area contributed by atoms with E-state index in [2.05, 4.69) is 284 Å². The summed E-state index contributed by atoms with van der Waals surface area (Å²) >= 11 is 0. The summed E-state index contributed by atoms with van der Waals surface area (Å²) in [5, 5.41) is 4.10. The van der Waals surface area contributed by atoms with Crippen molar-refractivity contribution in [2.45, 2.75) is 6.04 Å². The molecule has 0 spiro atoms. The van der Waals surface area contributed by atoms with E-state index in [0.29, 0.717) is 5.82 Å². The van der Waals surface area contributed by atoms with Crippen LogP contribution in [0.15, 0.2) is 285 Å². The van der Waals surface area contributed by atoms with Crippen LogP contribution in [0.3, 0.4) is 0 Å². The molecular formula is C69H49N3. The summed E-state index contributed by atoms with van der Waals surface area (Å²) in [4.78, 5) is 10.5. The van der Waals surface area contributed by atoms with E-state index < -0.39 is 0 Å². The van der Waals surface area contributed by atoms with E-state index in [1.165, 1.54) is 39.0 Å². The number of aromatic nitrogens is 2. The molecule has 12 rings (SSSR count). The molecule has 72 heavy (non-hydrogen) atoms. The van der Waals surface area contributed by atoms with Crippen molar-refractivity contribution in [3.8, 4) is 67.3 Å². The van der Waals surface area contributed by atoms with Gasteiger partial charge in [-0.05, 0) is 84.5 Å². The Bertz CT molecular complexity index is 3580. The monoisotopic (exact) mass is 919 g/mol. The van der Waals surface area contributed by atoms with E-state index in [1.54, 1.807) is 0 Å². The maximum Gasteiger partial charge on any atom is 0.160 e. The Labute approximate surface area is 421 Å². The first-order valence-corrected chi connectivity index (χ1v) is 24.6. The van der Waals surface area contributed by atoms with Crippen molar-refractivity contribution < 1.29 is 0 Å². The molecule has 0 saturated heterocycles. The minimum atomic E-state index is -0.117. The molecule has 0 fully saturated rings. The summed E-state index contributed by atoms with van der Waals surface area (Å²) in [6.45, 7) is 0. The van der Waals surface area contributed by atoms with Crippen LogP contribution in [0.1, 0.15) is 33.9 Å². The molecule has 1 aromatic heterocycles. The molecule has 1 aliphatic rings. The van der Waals surface area contributed by atoms with E-state index in [0.717, 1.165) is 72.7 Å². The Balaban J connectivity index is 0.969. The summed E-state index contributed by atoms with van der Waals surface area (Å²) in [6.07, 6.45) is 0. The van der Waals surface area contributed by atoms with Crippen molar-refractivity contribution in [2.24, 2.45) is 0 Å². The number of nitrogens with one attached hydrogen (secondary N) is 1. The van der Waals surface area contributed by atoms with Gasteiger partial charge >= 0.3 is 0 Å². The van der Waals surface area contributed by atoms with Gasteiger partial charge in [0.2, 0.25) is 0 Å². The molecule has 0 aliphatic carbocycles.